The molecule has 1 atom stereocenters. The van der Waals surface area contributed by atoms with Crippen LogP contribution in [-0.4, -0.2) is 17.5 Å². The lowest BCUT2D eigenvalue weighted by molar-refractivity contribution is -0.133. The molecule has 96 valence electrons. The quantitative estimate of drug-likeness (QED) is 0.737. The van der Waals surface area contributed by atoms with Gasteiger partial charge in [-0.25, -0.2) is 0 Å². The first-order valence-electron chi connectivity index (χ1n) is 5.86. The van der Waals surface area contributed by atoms with Crippen molar-refractivity contribution in [2.45, 2.75) is 26.2 Å². The number of primary amides is 1. The third-order valence-electron chi connectivity index (χ3n) is 2.78. The first-order valence-corrected chi connectivity index (χ1v) is 5.86. The van der Waals surface area contributed by atoms with E-state index < -0.39 is 11.8 Å². The minimum absolute atomic E-state index is 0.00258. The van der Waals surface area contributed by atoms with Crippen molar-refractivity contribution >= 4 is 17.5 Å². The summed E-state index contributed by atoms with van der Waals surface area (Å²) in [6.07, 6.45) is 0.414. The summed E-state index contributed by atoms with van der Waals surface area (Å²) in [7, 11) is 0. The Morgan fingerprint density at radius 1 is 1.11 bits per heavy atom. The number of carbonyl (C=O) groups is 3. The average molecular weight is 247 g/mol. The number of ketones is 2. The van der Waals surface area contributed by atoms with E-state index in [1.807, 2.05) is 30.3 Å². The largest absolute Gasteiger partial charge is 0.370 e. The van der Waals surface area contributed by atoms with Gasteiger partial charge in [-0.05, 0) is 18.9 Å². The van der Waals surface area contributed by atoms with Gasteiger partial charge in [-0.15, -0.1) is 0 Å². The Morgan fingerprint density at radius 2 is 1.72 bits per heavy atom. The zero-order valence-electron chi connectivity index (χ0n) is 10.4. The van der Waals surface area contributed by atoms with Crippen molar-refractivity contribution in [1.82, 2.24) is 0 Å². The summed E-state index contributed by atoms with van der Waals surface area (Å²) < 4.78 is 0. The van der Waals surface area contributed by atoms with Crippen LogP contribution in [0.5, 0.6) is 0 Å². The Kier molecular flexibility index (Phi) is 5.24. The number of amides is 1. The molecule has 0 aliphatic carbocycles. The lowest BCUT2D eigenvalue weighted by atomic mass is 9.90. The van der Waals surface area contributed by atoms with Crippen molar-refractivity contribution in [3.63, 3.8) is 0 Å². The second-order valence-electron chi connectivity index (χ2n) is 4.29. The number of Topliss-reactive ketones (excluding diaryl/α,β-unsaturated/α-hetero) is 2. The van der Waals surface area contributed by atoms with Crippen LogP contribution in [0.3, 0.4) is 0 Å². The lowest BCUT2D eigenvalue weighted by Crippen LogP contribution is -2.25. The van der Waals surface area contributed by atoms with Crippen LogP contribution in [0.15, 0.2) is 30.3 Å². The molecule has 0 spiro atoms. The van der Waals surface area contributed by atoms with Gasteiger partial charge in [0.1, 0.15) is 11.6 Å². The summed E-state index contributed by atoms with van der Waals surface area (Å²) >= 11 is 0. The van der Waals surface area contributed by atoms with Crippen molar-refractivity contribution in [1.29, 1.82) is 0 Å². The van der Waals surface area contributed by atoms with Crippen LogP contribution in [0.25, 0.3) is 0 Å². The topological polar surface area (TPSA) is 77.2 Å². The Morgan fingerprint density at radius 3 is 2.22 bits per heavy atom. The molecule has 0 aliphatic heterocycles. The van der Waals surface area contributed by atoms with Crippen LogP contribution in [0.1, 0.15) is 25.3 Å². The second kappa shape index (κ2) is 6.69. The molecular weight excluding hydrogens is 230 g/mol. The number of nitrogens with two attached hydrogens (primary N) is 1. The highest BCUT2D eigenvalue weighted by Crippen LogP contribution is 2.13. The minimum Gasteiger partial charge on any atom is -0.370 e. The number of carbonyl (C=O) groups excluding carboxylic acids is 3. The molecule has 1 unspecified atom stereocenters. The second-order valence-corrected chi connectivity index (χ2v) is 4.29. The van der Waals surface area contributed by atoms with E-state index in [1.165, 1.54) is 6.92 Å². The molecule has 0 radical (unpaired) electrons. The van der Waals surface area contributed by atoms with Crippen LogP contribution >= 0.6 is 0 Å². The molecule has 0 saturated heterocycles. The van der Waals surface area contributed by atoms with Crippen molar-refractivity contribution in [2.24, 2.45) is 11.7 Å². The molecule has 18 heavy (non-hydrogen) atoms. The first kappa shape index (κ1) is 14.1. The van der Waals surface area contributed by atoms with E-state index in [9.17, 15) is 14.4 Å². The van der Waals surface area contributed by atoms with Gasteiger partial charge in [0.15, 0.2) is 0 Å². The molecule has 0 heterocycles. The predicted octanol–water partition coefficient (Wildman–Crippen LogP) is 1.27. The molecule has 0 fully saturated rings. The van der Waals surface area contributed by atoms with E-state index in [1.54, 1.807) is 0 Å². The van der Waals surface area contributed by atoms with Gasteiger partial charge in [0, 0.05) is 12.8 Å². The normalized spacial score (nSPS) is 11.8. The van der Waals surface area contributed by atoms with E-state index in [2.05, 4.69) is 0 Å². The first-order chi connectivity index (χ1) is 8.50. The average Bonchev–Trinajstić information content (AvgIpc) is 2.34. The molecule has 1 rings (SSSR count). The van der Waals surface area contributed by atoms with Crippen molar-refractivity contribution in [3.8, 4) is 0 Å². The minimum atomic E-state index is -0.674. The molecule has 0 aromatic heterocycles. The molecule has 4 nitrogen and oxygen atoms in total. The summed E-state index contributed by atoms with van der Waals surface area (Å²) in [5.41, 5.74) is 5.93. The van der Waals surface area contributed by atoms with Crippen LogP contribution in [0.4, 0.5) is 0 Å². The standard InChI is InChI=1S/C14H17NO3/c1-10(16)12(13(17)7-8-14(15)18)9-11-5-3-2-4-6-11/h2-6,12H,7-9H2,1H3,(H2,15,18). The zero-order valence-corrected chi connectivity index (χ0v) is 10.4. The third-order valence-corrected chi connectivity index (χ3v) is 2.78. The van der Waals surface area contributed by atoms with Gasteiger partial charge < -0.3 is 5.73 Å². The fourth-order valence-corrected chi connectivity index (χ4v) is 1.75. The Hall–Kier alpha value is -1.97. The van der Waals surface area contributed by atoms with Crippen LogP contribution in [-0.2, 0) is 20.8 Å². The molecule has 1 aromatic rings. The molecule has 1 amide bonds. The predicted molar refractivity (Wildman–Crippen MR) is 67.8 cm³/mol. The Labute approximate surface area is 106 Å². The number of rotatable bonds is 7. The molecule has 0 bridgehead atoms. The summed E-state index contributed by atoms with van der Waals surface area (Å²) in [4.78, 5) is 34.0. The maximum absolute atomic E-state index is 11.9. The number of hydrogen-bond donors (Lipinski definition) is 1. The molecule has 0 aliphatic rings. The molecule has 2 N–H and O–H groups in total. The summed E-state index contributed by atoms with van der Waals surface area (Å²) in [6.45, 7) is 1.40. The summed E-state index contributed by atoms with van der Waals surface area (Å²) in [5.74, 6) is -1.59. The van der Waals surface area contributed by atoms with E-state index >= 15 is 0 Å². The van der Waals surface area contributed by atoms with E-state index in [0.717, 1.165) is 5.56 Å². The Balaban J connectivity index is 2.68. The van der Waals surface area contributed by atoms with Gasteiger partial charge >= 0.3 is 0 Å². The van der Waals surface area contributed by atoms with Gasteiger partial charge in [0.25, 0.3) is 0 Å². The third kappa shape index (κ3) is 4.49. The number of hydrogen-bond acceptors (Lipinski definition) is 3. The Bertz CT molecular complexity index is 440. The fourth-order valence-electron chi connectivity index (χ4n) is 1.75. The van der Waals surface area contributed by atoms with Gasteiger partial charge in [0.2, 0.25) is 5.91 Å². The molecule has 1 aromatic carbocycles. The van der Waals surface area contributed by atoms with Crippen molar-refractivity contribution in [3.05, 3.63) is 35.9 Å². The van der Waals surface area contributed by atoms with Gasteiger partial charge in [-0.3, -0.25) is 14.4 Å². The monoisotopic (exact) mass is 247 g/mol. The van der Waals surface area contributed by atoms with Gasteiger partial charge in [-0.1, -0.05) is 30.3 Å². The smallest absolute Gasteiger partial charge is 0.217 e. The summed E-state index contributed by atoms with van der Waals surface area (Å²) in [6, 6.07) is 9.34. The highest BCUT2D eigenvalue weighted by atomic mass is 16.2. The van der Waals surface area contributed by atoms with Gasteiger partial charge in [-0.2, -0.15) is 0 Å². The molecular formula is C14H17NO3. The maximum Gasteiger partial charge on any atom is 0.217 e. The van der Waals surface area contributed by atoms with Crippen molar-refractivity contribution < 1.29 is 14.4 Å². The van der Waals surface area contributed by atoms with Crippen molar-refractivity contribution in [2.75, 3.05) is 0 Å². The van der Waals surface area contributed by atoms with E-state index in [4.69, 9.17) is 5.73 Å². The SMILES string of the molecule is CC(=O)C(Cc1ccccc1)C(=O)CCC(N)=O. The molecule has 4 heteroatoms. The van der Waals surface area contributed by atoms with E-state index in [0.29, 0.717) is 6.42 Å². The van der Waals surface area contributed by atoms with Gasteiger partial charge in [0.05, 0.1) is 5.92 Å². The highest BCUT2D eigenvalue weighted by Gasteiger charge is 2.23. The van der Waals surface area contributed by atoms with Crippen LogP contribution in [0.2, 0.25) is 0 Å². The van der Waals surface area contributed by atoms with Crippen LogP contribution in [0, 0.1) is 5.92 Å². The highest BCUT2D eigenvalue weighted by molar-refractivity contribution is 6.02. The van der Waals surface area contributed by atoms with Crippen LogP contribution < -0.4 is 5.73 Å². The lowest BCUT2D eigenvalue weighted by Gasteiger charge is -2.12. The molecule has 0 saturated carbocycles. The summed E-state index contributed by atoms with van der Waals surface area (Å²) in [5, 5.41) is 0. The number of benzene rings is 1. The maximum atomic E-state index is 11.9. The fraction of sp³-hybridized carbons (Fsp3) is 0.357. The van der Waals surface area contributed by atoms with E-state index in [-0.39, 0.29) is 24.4 Å². The zero-order chi connectivity index (χ0) is 13.5.